The van der Waals surface area contributed by atoms with Crippen molar-refractivity contribution in [3.8, 4) is 16.9 Å². The number of carbonyl (C=O) groups is 1. The van der Waals surface area contributed by atoms with Crippen molar-refractivity contribution in [2.75, 3.05) is 19.0 Å². The highest BCUT2D eigenvalue weighted by Gasteiger charge is 2.04. The fourth-order valence-corrected chi connectivity index (χ4v) is 2.43. The van der Waals surface area contributed by atoms with Crippen molar-refractivity contribution >= 4 is 11.7 Å². The molecule has 0 unspecified atom stereocenters. The molecule has 1 heterocycles. The van der Waals surface area contributed by atoms with Gasteiger partial charge in [0.05, 0.1) is 19.9 Å². The summed E-state index contributed by atoms with van der Waals surface area (Å²) >= 11 is 0. The van der Waals surface area contributed by atoms with E-state index in [1.165, 1.54) is 0 Å². The van der Waals surface area contributed by atoms with Gasteiger partial charge in [0.2, 0.25) is 0 Å². The van der Waals surface area contributed by atoms with Crippen LogP contribution in [0.4, 0.5) is 10.5 Å². The second-order valence-electron chi connectivity index (χ2n) is 5.47. The smallest absolute Gasteiger partial charge is 0.319 e. The van der Waals surface area contributed by atoms with Gasteiger partial charge in [-0.3, -0.25) is 4.68 Å². The molecule has 0 atom stereocenters. The quantitative estimate of drug-likeness (QED) is 0.725. The van der Waals surface area contributed by atoms with Crippen molar-refractivity contribution in [3.63, 3.8) is 0 Å². The van der Waals surface area contributed by atoms with Gasteiger partial charge in [0.1, 0.15) is 5.75 Å². The van der Waals surface area contributed by atoms with Gasteiger partial charge in [-0.05, 0) is 17.7 Å². The maximum absolute atomic E-state index is 11.9. The monoisotopic (exact) mass is 336 g/mol. The molecule has 2 N–H and O–H groups in total. The number of amides is 2. The third kappa shape index (κ3) is 4.60. The summed E-state index contributed by atoms with van der Waals surface area (Å²) in [4.78, 5) is 11.9. The molecule has 6 heteroatoms. The van der Waals surface area contributed by atoms with Crippen molar-refractivity contribution in [1.29, 1.82) is 0 Å². The van der Waals surface area contributed by atoms with Crippen molar-refractivity contribution in [3.05, 3.63) is 67.0 Å². The van der Waals surface area contributed by atoms with E-state index in [0.717, 1.165) is 11.1 Å². The molecule has 0 bridgehead atoms. The Morgan fingerprint density at radius 2 is 1.96 bits per heavy atom. The molecule has 0 aliphatic rings. The minimum Gasteiger partial charge on any atom is -0.497 e. The van der Waals surface area contributed by atoms with Gasteiger partial charge in [0.15, 0.2) is 0 Å². The van der Waals surface area contributed by atoms with Crippen LogP contribution in [0.1, 0.15) is 0 Å². The summed E-state index contributed by atoms with van der Waals surface area (Å²) in [6, 6.07) is 17.0. The molecule has 0 aliphatic carbocycles. The Balaban J connectivity index is 1.48. The molecule has 3 aromatic rings. The van der Waals surface area contributed by atoms with Crippen molar-refractivity contribution in [1.82, 2.24) is 15.1 Å². The number of benzene rings is 2. The van der Waals surface area contributed by atoms with E-state index in [9.17, 15) is 4.79 Å². The second kappa shape index (κ2) is 8.01. The Morgan fingerprint density at radius 3 is 2.76 bits per heavy atom. The van der Waals surface area contributed by atoms with Crippen LogP contribution < -0.4 is 15.4 Å². The lowest BCUT2D eigenvalue weighted by Crippen LogP contribution is -2.31. The number of anilines is 1. The lowest BCUT2D eigenvalue weighted by Gasteiger charge is -2.08. The first-order chi connectivity index (χ1) is 12.2. The van der Waals surface area contributed by atoms with E-state index >= 15 is 0 Å². The predicted octanol–water partition coefficient (Wildman–Crippen LogP) is 3.38. The molecule has 1 aromatic heterocycles. The maximum atomic E-state index is 11.9. The average molecular weight is 336 g/mol. The molecule has 0 fully saturated rings. The number of rotatable bonds is 6. The summed E-state index contributed by atoms with van der Waals surface area (Å²) < 4.78 is 6.94. The first kappa shape index (κ1) is 16.6. The first-order valence-corrected chi connectivity index (χ1v) is 8.01. The first-order valence-electron chi connectivity index (χ1n) is 8.01. The molecular formula is C19H20N4O2. The van der Waals surface area contributed by atoms with Gasteiger partial charge < -0.3 is 15.4 Å². The van der Waals surface area contributed by atoms with Gasteiger partial charge in [0.25, 0.3) is 0 Å². The molecule has 0 spiro atoms. The van der Waals surface area contributed by atoms with Gasteiger partial charge in [-0.15, -0.1) is 0 Å². The molecule has 2 aromatic carbocycles. The highest BCUT2D eigenvalue weighted by molar-refractivity contribution is 5.89. The number of hydrogen-bond acceptors (Lipinski definition) is 3. The molecule has 0 aliphatic heterocycles. The molecule has 25 heavy (non-hydrogen) atoms. The number of urea groups is 1. The number of nitrogens with one attached hydrogen (secondary N) is 2. The number of carbonyl (C=O) groups excluding carboxylic acids is 1. The van der Waals surface area contributed by atoms with Crippen molar-refractivity contribution in [2.45, 2.75) is 6.54 Å². The average Bonchev–Trinajstić information content (AvgIpc) is 3.11. The van der Waals surface area contributed by atoms with Crippen LogP contribution in [0.25, 0.3) is 11.1 Å². The number of methoxy groups -OCH3 is 1. The van der Waals surface area contributed by atoms with E-state index in [4.69, 9.17) is 4.74 Å². The summed E-state index contributed by atoms with van der Waals surface area (Å²) in [6.07, 6.45) is 3.79. The Bertz CT molecular complexity index is 830. The van der Waals surface area contributed by atoms with Gasteiger partial charge in [0, 0.05) is 30.1 Å². The topological polar surface area (TPSA) is 68.2 Å². The van der Waals surface area contributed by atoms with E-state index in [-0.39, 0.29) is 6.03 Å². The summed E-state index contributed by atoms with van der Waals surface area (Å²) in [5.41, 5.74) is 2.86. The SMILES string of the molecule is COc1cccc(NC(=O)NCCn2cc(-c3ccccc3)cn2)c1. The molecule has 128 valence electrons. The third-order valence-electron chi connectivity index (χ3n) is 3.69. The van der Waals surface area contributed by atoms with E-state index in [1.54, 1.807) is 13.2 Å². The number of nitrogens with zero attached hydrogens (tertiary/aromatic N) is 2. The summed E-state index contributed by atoms with van der Waals surface area (Å²) in [6.45, 7) is 1.07. The van der Waals surface area contributed by atoms with Crippen LogP contribution in [0.15, 0.2) is 67.0 Å². The Kier molecular flexibility index (Phi) is 5.31. The number of aromatic nitrogens is 2. The van der Waals surface area contributed by atoms with E-state index < -0.39 is 0 Å². The second-order valence-corrected chi connectivity index (χ2v) is 5.47. The zero-order valence-electron chi connectivity index (χ0n) is 14.0. The maximum Gasteiger partial charge on any atom is 0.319 e. The van der Waals surface area contributed by atoms with Crippen LogP contribution in [-0.2, 0) is 6.54 Å². The molecule has 0 saturated heterocycles. The third-order valence-corrected chi connectivity index (χ3v) is 3.69. The highest BCUT2D eigenvalue weighted by Crippen LogP contribution is 2.17. The Hall–Kier alpha value is -3.28. The van der Waals surface area contributed by atoms with Crippen LogP contribution in [-0.4, -0.2) is 29.5 Å². The van der Waals surface area contributed by atoms with Gasteiger partial charge in [-0.1, -0.05) is 36.4 Å². The van der Waals surface area contributed by atoms with E-state index in [1.807, 2.05) is 65.6 Å². The number of ether oxygens (including phenoxy) is 1. The minimum absolute atomic E-state index is 0.260. The Labute approximate surface area is 146 Å². The molecule has 0 saturated carbocycles. The molecule has 0 radical (unpaired) electrons. The van der Waals surface area contributed by atoms with Crippen LogP contribution >= 0.6 is 0 Å². The minimum atomic E-state index is -0.260. The fourth-order valence-electron chi connectivity index (χ4n) is 2.43. The van der Waals surface area contributed by atoms with E-state index in [0.29, 0.717) is 24.5 Å². The van der Waals surface area contributed by atoms with Gasteiger partial charge in [-0.25, -0.2) is 4.79 Å². The van der Waals surface area contributed by atoms with Gasteiger partial charge >= 0.3 is 6.03 Å². The number of hydrogen-bond donors (Lipinski definition) is 2. The fraction of sp³-hybridized carbons (Fsp3) is 0.158. The highest BCUT2D eigenvalue weighted by atomic mass is 16.5. The van der Waals surface area contributed by atoms with Crippen LogP contribution in [0.3, 0.4) is 0 Å². The standard InChI is InChI=1S/C19H20N4O2/c1-25-18-9-5-8-17(12-18)22-19(24)20-10-11-23-14-16(13-21-23)15-6-3-2-4-7-15/h2-9,12-14H,10-11H2,1H3,(H2,20,22,24). The molecule has 6 nitrogen and oxygen atoms in total. The largest absolute Gasteiger partial charge is 0.497 e. The van der Waals surface area contributed by atoms with Crippen molar-refractivity contribution < 1.29 is 9.53 Å². The lowest BCUT2D eigenvalue weighted by molar-refractivity contribution is 0.251. The molecule has 2 amide bonds. The summed E-state index contributed by atoms with van der Waals surface area (Å²) in [7, 11) is 1.59. The van der Waals surface area contributed by atoms with Crippen LogP contribution in [0.5, 0.6) is 5.75 Å². The zero-order chi connectivity index (χ0) is 17.5. The molecular weight excluding hydrogens is 316 g/mol. The van der Waals surface area contributed by atoms with Crippen molar-refractivity contribution in [2.24, 2.45) is 0 Å². The zero-order valence-corrected chi connectivity index (χ0v) is 14.0. The van der Waals surface area contributed by atoms with Gasteiger partial charge in [-0.2, -0.15) is 5.10 Å². The van der Waals surface area contributed by atoms with E-state index in [2.05, 4.69) is 15.7 Å². The van der Waals surface area contributed by atoms with Crippen LogP contribution in [0.2, 0.25) is 0 Å². The summed E-state index contributed by atoms with van der Waals surface area (Å²) in [5, 5.41) is 9.91. The predicted molar refractivity (Wildman–Crippen MR) is 97.7 cm³/mol. The molecule has 3 rings (SSSR count). The lowest BCUT2D eigenvalue weighted by atomic mass is 10.1. The Morgan fingerprint density at radius 1 is 1.12 bits per heavy atom. The normalized spacial score (nSPS) is 10.3. The van der Waals surface area contributed by atoms with Crippen LogP contribution in [0, 0.1) is 0 Å². The summed E-state index contributed by atoms with van der Waals surface area (Å²) in [5.74, 6) is 0.697.